The zero-order valence-electron chi connectivity index (χ0n) is 20.6. The molecule has 34 heavy (non-hydrogen) atoms. The Kier molecular flexibility index (Phi) is 8.75. The normalized spacial score (nSPS) is 12.4. The Bertz CT molecular complexity index is 1070. The number of carbonyl (C=O) groups is 1. The quantitative estimate of drug-likeness (QED) is 0.384. The summed E-state index contributed by atoms with van der Waals surface area (Å²) in [5.74, 6) is 1.17. The van der Waals surface area contributed by atoms with Crippen molar-refractivity contribution in [3.63, 3.8) is 0 Å². The van der Waals surface area contributed by atoms with E-state index >= 15 is 0 Å². The second-order valence-electron chi connectivity index (χ2n) is 9.28. The van der Waals surface area contributed by atoms with E-state index in [-0.39, 0.29) is 24.0 Å². The van der Waals surface area contributed by atoms with Crippen molar-refractivity contribution in [1.29, 1.82) is 0 Å². The highest BCUT2D eigenvalue weighted by Crippen LogP contribution is 2.28. The molecular formula is C27H34ClN3O3. The van der Waals surface area contributed by atoms with Crippen LogP contribution in [-0.4, -0.2) is 35.3 Å². The van der Waals surface area contributed by atoms with Crippen molar-refractivity contribution in [2.45, 2.75) is 53.2 Å². The van der Waals surface area contributed by atoms with Gasteiger partial charge in [-0.05, 0) is 36.5 Å². The largest absolute Gasteiger partial charge is 0.497 e. The molecule has 1 unspecified atom stereocenters. The van der Waals surface area contributed by atoms with Gasteiger partial charge in [0.25, 0.3) is 0 Å². The summed E-state index contributed by atoms with van der Waals surface area (Å²) in [4.78, 5) is 17.0. The Balaban J connectivity index is 1.88. The monoisotopic (exact) mass is 483 g/mol. The van der Waals surface area contributed by atoms with Crippen LogP contribution in [0.15, 0.2) is 54.6 Å². The van der Waals surface area contributed by atoms with E-state index < -0.39 is 0 Å². The lowest BCUT2D eigenvalue weighted by atomic mass is 9.83. The van der Waals surface area contributed by atoms with Crippen LogP contribution >= 0.6 is 11.6 Å². The van der Waals surface area contributed by atoms with Crippen molar-refractivity contribution in [3.8, 4) is 17.1 Å². The number of hydrogen-bond acceptors (Lipinski definition) is 5. The number of imidazole rings is 1. The average Bonchev–Trinajstić information content (AvgIpc) is 3.11. The molecule has 182 valence electrons. The Morgan fingerprint density at radius 1 is 1.12 bits per heavy atom. The molecule has 0 aliphatic rings. The molecule has 0 aliphatic carbocycles. The van der Waals surface area contributed by atoms with E-state index in [1.54, 1.807) is 14.0 Å². The van der Waals surface area contributed by atoms with Gasteiger partial charge >= 0.3 is 5.97 Å². The van der Waals surface area contributed by atoms with Gasteiger partial charge < -0.3 is 19.4 Å². The lowest BCUT2D eigenvalue weighted by molar-refractivity contribution is -0.143. The highest BCUT2D eigenvalue weighted by atomic mass is 35.5. The maximum atomic E-state index is 12.4. The summed E-state index contributed by atoms with van der Waals surface area (Å²) in [7, 11) is 1.67. The number of nitrogens with zero attached hydrogens (tertiary/aromatic N) is 2. The predicted molar refractivity (Wildman–Crippen MR) is 136 cm³/mol. The molecule has 0 radical (unpaired) electrons. The number of methoxy groups -OCH3 is 1. The maximum Gasteiger partial charge on any atom is 0.326 e. The van der Waals surface area contributed by atoms with Crippen LogP contribution < -0.4 is 10.1 Å². The first kappa shape index (κ1) is 25.8. The molecular weight excluding hydrogens is 450 g/mol. The van der Waals surface area contributed by atoms with Crippen molar-refractivity contribution in [2.24, 2.45) is 5.41 Å². The Morgan fingerprint density at radius 3 is 2.38 bits per heavy atom. The van der Waals surface area contributed by atoms with Crippen molar-refractivity contribution >= 4 is 17.6 Å². The molecule has 0 bridgehead atoms. The first-order valence-corrected chi connectivity index (χ1v) is 11.9. The molecule has 7 heteroatoms. The number of nitrogens with one attached hydrogen (secondary N) is 1. The SMILES string of the molecule is CCOC(=O)Cn1c(-c2ccccc2)nc(Cl)c1CNC(Cc1ccc(OC)cc1)C(C)(C)C. The fourth-order valence-corrected chi connectivity index (χ4v) is 4.09. The van der Waals surface area contributed by atoms with Gasteiger partial charge in [-0.1, -0.05) is 74.8 Å². The summed E-state index contributed by atoms with van der Waals surface area (Å²) in [6, 6.07) is 18.0. The summed E-state index contributed by atoms with van der Waals surface area (Å²) in [6.07, 6.45) is 0.836. The first-order chi connectivity index (χ1) is 16.2. The summed E-state index contributed by atoms with van der Waals surface area (Å²) in [6.45, 7) is 9.27. The molecule has 0 spiro atoms. The second kappa shape index (κ2) is 11.5. The van der Waals surface area contributed by atoms with Crippen LogP contribution in [0.4, 0.5) is 0 Å². The number of benzene rings is 2. The Hall–Kier alpha value is -2.83. The number of ether oxygens (including phenoxy) is 2. The van der Waals surface area contributed by atoms with E-state index in [2.05, 4.69) is 43.2 Å². The third-order valence-corrected chi connectivity index (χ3v) is 6.11. The van der Waals surface area contributed by atoms with Crippen LogP contribution in [-0.2, 0) is 29.0 Å². The van der Waals surface area contributed by atoms with Crippen LogP contribution in [0.25, 0.3) is 11.4 Å². The van der Waals surface area contributed by atoms with E-state index in [9.17, 15) is 4.79 Å². The zero-order chi connectivity index (χ0) is 24.7. The van der Waals surface area contributed by atoms with E-state index in [1.165, 1.54) is 5.56 Å². The molecule has 1 atom stereocenters. The van der Waals surface area contributed by atoms with Gasteiger partial charge in [-0.15, -0.1) is 0 Å². The summed E-state index contributed by atoms with van der Waals surface area (Å²) in [5.41, 5.74) is 2.85. The number of halogens is 1. The van der Waals surface area contributed by atoms with Gasteiger partial charge in [0, 0.05) is 18.2 Å². The fraction of sp³-hybridized carbons (Fsp3) is 0.407. The van der Waals surface area contributed by atoms with Gasteiger partial charge in [-0.3, -0.25) is 4.79 Å². The number of carbonyl (C=O) groups excluding carboxylic acids is 1. The van der Waals surface area contributed by atoms with Crippen molar-refractivity contribution < 1.29 is 14.3 Å². The van der Waals surface area contributed by atoms with Crippen LogP contribution in [0, 0.1) is 5.41 Å². The van der Waals surface area contributed by atoms with Crippen LogP contribution in [0.3, 0.4) is 0 Å². The molecule has 3 aromatic rings. The molecule has 0 amide bonds. The van der Waals surface area contributed by atoms with Crippen molar-refractivity contribution in [1.82, 2.24) is 14.9 Å². The minimum atomic E-state index is -0.319. The van der Waals surface area contributed by atoms with Crippen LogP contribution in [0.1, 0.15) is 39.0 Å². The number of rotatable bonds is 10. The molecule has 0 saturated carbocycles. The number of aromatic nitrogens is 2. The molecule has 3 rings (SSSR count). The van der Waals surface area contributed by atoms with Crippen LogP contribution in [0.5, 0.6) is 5.75 Å². The number of esters is 1. The van der Waals surface area contributed by atoms with E-state index in [0.29, 0.717) is 24.1 Å². The number of hydrogen-bond donors (Lipinski definition) is 1. The first-order valence-electron chi connectivity index (χ1n) is 11.5. The molecule has 1 heterocycles. The summed E-state index contributed by atoms with van der Waals surface area (Å²) in [5, 5.41) is 4.06. The minimum Gasteiger partial charge on any atom is -0.497 e. The zero-order valence-corrected chi connectivity index (χ0v) is 21.4. The van der Waals surface area contributed by atoms with Gasteiger partial charge in [0.05, 0.1) is 19.4 Å². The molecule has 1 N–H and O–H groups in total. The fourth-order valence-electron chi connectivity index (χ4n) is 3.84. The summed E-state index contributed by atoms with van der Waals surface area (Å²) >= 11 is 6.61. The van der Waals surface area contributed by atoms with Crippen LogP contribution in [0.2, 0.25) is 5.15 Å². The molecule has 1 aromatic heterocycles. The third kappa shape index (κ3) is 6.61. The minimum absolute atomic E-state index is 0.0132. The van der Waals surface area contributed by atoms with Crippen molar-refractivity contribution in [2.75, 3.05) is 13.7 Å². The molecule has 0 saturated heterocycles. The topological polar surface area (TPSA) is 65.4 Å². The van der Waals surface area contributed by atoms with E-state index in [4.69, 9.17) is 21.1 Å². The second-order valence-corrected chi connectivity index (χ2v) is 9.64. The molecule has 6 nitrogen and oxygen atoms in total. The van der Waals surface area contributed by atoms with Gasteiger partial charge in [-0.2, -0.15) is 0 Å². The third-order valence-electron chi connectivity index (χ3n) is 5.81. The smallest absolute Gasteiger partial charge is 0.326 e. The summed E-state index contributed by atoms with van der Waals surface area (Å²) < 4.78 is 12.4. The molecule has 0 fully saturated rings. The van der Waals surface area contributed by atoms with Gasteiger partial charge in [0.2, 0.25) is 0 Å². The lowest BCUT2D eigenvalue weighted by Gasteiger charge is -2.32. The highest BCUT2D eigenvalue weighted by Gasteiger charge is 2.26. The highest BCUT2D eigenvalue weighted by molar-refractivity contribution is 6.30. The van der Waals surface area contributed by atoms with Gasteiger partial charge in [0.15, 0.2) is 5.15 Å². The maximum absolute atomic E-state index is 12.4. The van der Waals surface area contributed by atoms with Gasteiger partial charge in [0.1, 0.15) is 18.1 Å². The average molecular weight is 484 g/mol. The molecule has 2 aromatic carbocycles. The lowest BCUT2D eigenvalue weighted by Crippen LogP contribution is -2.42. The Labute approximate surface area is 207 Å². The van der Waals surface area contributed by atoms with E-state index in [0.717, 1.165) is 23.4 Å². The predicted octanol–water partition coefficient (Wildman–Crippen LogP) is 5.52. The molecule has 0 aliphatic heterocycles. The Morgan fingerprint density at radius 2 is 1.79 bits per heavy atom. The van der Waals surface area contributed by atoms with Gasteiger partial charge in [-0.25, -0.2) is 4.98 Å². The van der Waals surface area contributed by atoms with Crippen molar-refractivity contribution in [3.05, 3.63) is 71.0 Å². The standard InChI is InChI=1S/C27H34ClN3O3/c1-6-34-24(32)18-31-22(25(28)30-26(31)20-10-8-7-9-11-20)17-29-23(27(2,3)4)16-19-12-14-21(33-5)15-13-19/h7-15,23,29H,6,16-18H2,1-5H3. The van der Waals surface area contributed by atoms with E-state index in [1.807, 2.05) is 47.0 Å².